The minimum absolute atomic E-state index is 0.0886. The molecule has 0 spiro atoms. The quantitative estimate of drug-likeness (QED) is 0.0417. The fourth-order valence-corrected chi connectivity index (χ4v) is 9.49. The van der Waals surface area contributed by atoms with Gasteiger partial charge in [0.1, 0.15) is 6.10 Å². The molecule has 0 aromatic carbocycles. The molecule has 0 aliphatic heterocycles. The van der Waals surface area contributed by atoms with Gasteiger partial charge in [0.15, 0.2) is 0 Å². The number of ether oxygens (including phenoxy) is 1. The summed E-state index contributed by atoms with van der Waals surface area (Å²) in [5.41, 5.74) is 0. The van der Waals surface area contributed by atoms with E-state index < -0.39 is 18.2 Å². The zero-order valence-electron chi connectivity index (χ0n) is 43.7. The molecular formula is C58H115NO5. The van der Waals surface area contributed by atoms with Gasteiger partial charge in [0.05, 0.1) is 25.2 Å². The number of unbranched alkanes of at least 4 members (excludes halogenated alkanes) is 42. The standard InChI is InChI=1S/C58H115NO5/c1-4-7-10-13-16-19-22-25-28-30-32-35-38-41-44-47-50-56(61)55(53-60)59-57(62)52-54(49-46-43-40-37-34-31-27-24-21-18-15-12-9-6-3)64-58(63)51-48-45-42-39-36-33-29-26-23-20-17-14-11-8-5-2/h54-56,60-61H,4-53H2,1-3H3,(H,59,62). The van der Waals surface area contributed by atoms with Gasteiger partial charge in [-0.3, -0.25) is 9.59 Å². The number of carbonyl (C=O) groups excluding carboxylic acids is 2. The molecule has 0 bridgehead atoms. The number of aliphatic hydroxyl groups excluding tert-OH is 2. The van der Waals surface area contributed by atoms with Crippen molar-refractivity contribution in [3.05, 3.63) is 0 Å². The van der Waals surface area contributed by atoms with Crippen molar-refractivity contribution in [3.63, 3.8) is 0 Å². The SMILES string of the molecule is CCCCCCCCCCCCCCCCCCC(O)C(CO)NC(=O)CC(CCCCCCCCCCCCCCCC)OC(=O)CCCCCCCCCCCCCCCCC. The van der Waals surface area contributed by atoms with Crippen molar-refractivity contribution >= 4 is 11.9 Å². The smallest absolute Gasteiger partial charge is 0.306 e. The van der Waals surface area contributed by atoms with Gasteiger partial charge < -0.3 is 20.3 Å². The summed E-state index contributed by atoms with van der Waals surface area (Å²) in [5, 5.41) is 23.9. The van der Waals surface area contributed by atoms with Gasteiger partial charge in [-0.2, -0.15) is 0 Å². The molecule has 0 saturated carbocycles. The van der Waals surface area contributed by atoms with E-state index in [1.54, 1.807) is 0 Å². The van der Waals surface area contributed by atoms with Gasteiger partial charge in [0, 0.05) is 6.42 Å². The Bertz CT molecular complexity index is 928. The molecule has 1 amide bonds. The summed E-state index contributed by atoms with van der Waals surface area (Å²) in [6.07, 6.45) is 58.8. The first-order chi connectivity index (χ1) is 31.5. The summed E-state index contributed by atoms with van der Waals surface area (Å²) in [7, 11) is 0. The van der Waals surface area contributed by atoms with Crippen molar-refractivity contribution in [3.8, 4) is 0 Å². The molecule has 0 aromatic heterocycles. The zero-order valence-corrected chi connectivity index (χ0v) is 43.7. The van der Waals surface area contributed by atoms with Crippen LogP contribution in [0.3, 0.4) is 0 Å². The van der Waals surface area contributed by atoms with Gasteiger partial charge in [0.2, 0.25) is 5.91 Å². The highest BCUT2D eigenvalue weighted by molar-refractivity contribution is 5.77. The Morgan fingerprint density at radius 1 is 0.391 bits per heavy atom. The van der Waals surface area contributed by atoms with Gasteiger partial charge in [-0.05, 0) is 25.7 Å². The number of amides is 1. The van der Waals surface area contributed by atoms with E-state index >= 15 is 0 Å². The van der Waals surface area contributed by atoms with Crippen LogP contribution in [-0.2, 0) is 14.3 Å². The lowest BCUT2D eigenvalue weighted by atomic mass is 10.0. The molecule has 382 valence electrons. The van der Waals surface area contributed by atoms with E-state index in [4.69, 9.17) is 4.74 Å². The number of esters is 1. The maximum absolute atomic E-state index is 13.3. The van der Waals surface area contributed by atoms with Gasteiger partial charge in [-0.25, -0.2) is 0 Å². The highest BCUT2D eigenvalue weighted by atomic mass is 16.5. The van der Waals surface area contributed by atoms with Crippen LogP contribution < -0.4 is 5.32 Å². The Morgan fingerprint density at radius 3 is 0.953 bits per heavy atom. The van der Waals surface area contributed by atoms with Crippen LogP contribution in [0, 0.1) is 0 Å². The molecular weight excluding hydrogens is 791 g/mol. The van der Waals surface area contributed by atoms with E-state index in [-0.39, 0.29) is 24.9 Å². The lowest BCUT2D eigenvalue weighted by Gasteiger charge is -2.24. The van der Waals surface area contributed by atoms with E-state index in [1.807, 2.05) is 0 Å². The number of nitrogens with one attached hydrogen (secondary N) is 1. The Hall–Kier alpha value is -1.14. The second-order valence-corrected chi connectivity index (χ2v) is 20.4. The minimum Gasteiger partial charge on any atom is -0.462 e. The monoisotopic (exact) mass is 906 g/mol. The molecule has 0 radical (unpaired) electrons. The van der Waals surface area contributed by atoms with Crippen LogP contribution in [0.15, 0.2) is 0 Å². The van der Waals surface area contributed by atoms with Crippen LogP contribution in [0.25, 0.3) is 0 Å². The molecule has 0 aliphatic carbocycles. The summed E-state index contributed by atoms with van der Waals surface area (Å²) in [6, 6.07) is -0.693. The normalized spacial score (nSPS) is 13.0. The van der Waals surface area contributed by atoms with E-state index in [0.717, 1.165) is 38.5 Å². The van der Waals surface area contributed by atoms with Crippen molar-refractivity contribution in [2.45, 2.75) is 354 Å². The van der Waals surface area contributed by atoms with E-state index in [0.29, 0.717) is 19.3 Å². The molecule has 6 nitrogen and oxygen atoms in total. The molecule has 3 atom stereocenters. The summed E-state index contributed by atoms with van der Waals surface area (Å²) < 4.78 is 5.97. The van der Waals surface area contributed by atoms with Crippen LogP contribution in [0.4, 0.5) is 0 Å². The van der Waals surface area contributed by atoms with Crippen LogP contribution in [-0.4, -0.2) is 46.9 Å². The molecule has 6 heteroatoms. The molecule has 0 aliphatic rings. The molecule has 0 fully saturated rings. The van der Waals surface area contributed by atoms with Gasteiger partial charge in [0.25, 0.3) is 0 Å². The predicted octanol–water partition coefficient (Wildman–Crippen LogP) is 17.9. The van der Waals surface area contributed by atoms with Gasteiger partial charge in [-0.1, -0.05) is 297 Å². The Kier molecular flexibility index (Phi) is 51.9. The summed E-state index contributed by atoms with van der Waals surface area (Å²) in [6.45, 7) is 6.54. The van der Waals surface area contributed by atoms with Crippen molar-refractivity contribution in [1.82, 2.24) is 5.32 Å². The summed E-state index contributed by atoms with van der Waals surface area (Å²) >= 11 is 0. The summed E-state index contributed by atoms with van der Waals surface area (Å²) in [4.78, 5) is 26.3. The lowest BCUT2D eigenvalue weighted by molar-refractivity contribution is -0.151. The highest BCUT2D eigenvalue weighted by Crippen LogP contribution is 2.19. The van der Waals surface area contributed by atoms with Crippen molar-refractivity contribution in [2.75, 3.05) is 6.61 Å². The number of carbonyl (C=O) groups is 2. The van der Waals surface area contributed by atoms with Gasteiger partial charge in [-0.15, -0.1) is 0 Å². The lowest BCUT2D eigenvalue weighted by Crippen LogP contribution is -2.46. The molecule has 3 unspecified atom stereocenters. The van der Waals surface area contributed by atoms with Crippen LogP contribution in [0.1, 0.15) is 335 Å². The van der Waals surface area contributed by atoms with E-state index in [2.05, 4.69) is 26.1 Å². The third-order valence-corrected chi connectivity index (χ3v) is 13.9. The van der Waals surface area contributed by atoms with Crippen molar-refractivity contribution in [2.24, 2.45) is 0 Å². The third kappa shape index (κ3) is 47.4. The fraction of sp³-hybridized carbons (Fsp3) is 0.966. The molecule has 0 heterocycles. The topological polar surface area (TPSA) is 95.9 Å². The van der Waals surface area contributed by atoms with E-state index in [1.165, 1.54) is 250 Å². The summed E-state index contributed by atoms with van der Waals surface area (Å²) in [5.74, 6) is -0.444. The fourth-order valence-electron chi connectivity index (χ4n) is 9.49. The Balaban J connectivity index is 4.46. The van der Waals surface area contributed by atoms with Crippen molar-refractivity contribution < 1.29 is 24.5 Å². The molecule has 3 N–H and O–H groups in total. The molecule has 64 heavy (non-hydrogen) atoms. The zero-order chi connectivity index (χ0) is 46.7. The number of hydrogen-bond donors (Lipinski definition) is 3. The molecule has 0 saturated heterocycles. The molecule has 0 rings (SSSR count). The van der Waals surface area contributed by atoms with Crippen LogP contribution in [0.2, 0.25) is 0 Å². The average molecular weight is 907 g/mol. The Morgan fingerprint density at radius 2 is 0.656 bits per heavy atom. The first-order valence-corrected chi connectivity index (χ1v) is 29.3. The second-order valence-electron chi connectivity index (χ2n) is 20.4. The number of aliphatic hydroxyl groups is 2. The van der Waals surface area contributed by atoms with E-state index in [9.17, 15) is 19.8 Å². The number of hydrogen-bond acceptors (Lipinski definition) is 5. The van der Waals surface area contributed by atoms with Gasteiger partial charge >= 0.3 is 5.97 Å². The van der Waals surface area contributed by atoms with Crippen molar-refractivity contribution in [1.29, 1.82) is 0 Å². The first kappa shape index (κ1) is 62.9. The maximum Gasteiger partial charge on any atom is 0.306 e. The largest absolute Gasteiger partial charge is 0.462 e. The van der Waals surface area contributed by atoms with Crippen LogP contribution >= 0.6 is 0 Å². The minimum atomic E-state index is -0.780. The second kappa shape index (κ2) is 52.8. The third-order valence-electron chi connectivity index (χ3n) is 13.9. The first-order valence-electron chi connectivity index (χ1n) is 29.3. The van der Waals surface area contributed by atoms with Crippen LogP contribution in [0.5, 0.6) is 0 Å². The Labute approximate surface area is 400 Å². The maximum atomic E-state index is 13.3. The highest BCUT2D eigenvalue weighted by Gasteiger charge is 2.24. The molecule has 0 aromatic rings. The number of rotatable bonds is 54. The predicted molar refractivity (Wildman–Crippen MR) is 278 cm³/mol. The average Bonchev–Trinajstić information content (AvgIpc) is 3.29.